The Kier molecular flexibility index (Phi) is 5.52. The van der Waals surface area contributed by atoms with E-state index in [9.17, 15) is 9.59 Å². The van der Waals surface area contributed by atoms with Gasteiger partial charge >= 0.3 is 0 Å². The van der Waals surface area contributed by atoms with Gasteiger partial charge in [0, 0.05) is 45.8 Å². The highest BCUT2D eigenvalue weighted by atomic mass is 16.2. The molecule has 2 amide bonds. The van der Waals surface area contributed by atoms with Crippen LogP contribution in [-0.2, 0) is 9.59 Å². The van der Waals surface area contributed by atoms with Gasteiger partial charge in [-0.15, -0.1) is 6.58 Å². The SMILES string of the molecule is C=CCN(CC(=O)N1CCN(c2ccccn2)CC1)C(C)=O. The molecule has 0 unspecified atom stereocenters. The van der Waals surface area contributed by atoms with Crippen LogP contribution >= 0.6 is 0 Å². The maximum absolute atomic E-state index is 12.3. The molecule has 0 aliphatic carbocycles. The highest BCUT2D eigenvalue weighted by Crippen LogP contribution is 2.12. The number of carbonyl (C=O) groups is 2. The van der Waals surface area contributed by atoms with Crippen LogP contribution in [0.5, 0.6) is 0 Å². The molecule has 22 heavy (non-hydrogen) atoms. The van der Waals surface area contributed by atoms with E-state index >= 15 is 0 Å². The normalized spacial score (nSPS) is 14.6. The lowest BCUT2D eigenvalue weighted by molar-refractivity contribution is -0.139. The van der Waals surface area contributed by atoms with Crippen molar-refractivity contribution in [3.8, 4) is 0 Å². The summed E-state index contributed by atoms with van der Waals surface area (Å²) >= 11 is 0. The average Bonchev–Trinajstić information content (AvgIpc) is 2.55. The Bertz CT molecular complexity index is 524. The second-order valence-electron chi connectivity index (χ2n) is 5.24. The van der Waals surface area contributed by atoms with E-state index in [1.165, 1.54) is 11.8 Å². The zero-order valence-corrected chi connectivity index (χ0v) is 12.9. The third-order valence-electron chi connectivity index (χ3n) is 3.73. The van der Waals surface area contributed by atoms with Gasteiger partial charge in [0.2, 0.25) is 11.8 Å². The first kappa shape index (κ1) is 16.0. The number of nitrogens with zero attached hydrogens (tertiary/aromatic N) is 4. The largest absolute Gasteiger partial charge is 0.353 e. The molecule has 6 heteroatoms. The fourth-order valence-electron chi connectivity index (χ4n) is 2.45. The first-order valence-corrected chi connectivity index (χ1v) is 7.42. The van der Waals surface area contributed by atoms with Gasteiger partial charge in [-0.25, -0.2) is 4.98 Å². The van der Waals surface area contributed by atoms with Crippen molar-refractivity contribution in [2.24, 2.45) is 0 Å². The highest BCUT2D eigenvalue weighted by molar-refractivity contribution is 5.84. The van der Waals surface area contributed by atoms with Crippen molar-refractivity contribution >= 4 is 17.6 Å². The van der Waals surface area contributed by atoms with Crippen LogP contribution in [-0.4, -0.2) is 65.9 Å². The first-order valence-electron chi connectivity index (χ1n) is 7.42. The minimum absolute atomic E-state index is 0.0160. The molecule has 6 nitrogen and oxygen atoms in total. The van der Waals surface area contributed by atoms with E-state index in [1.54, 1.807) is 17.2 Å². The standard InChI is InChI=1S/C16H22N4O2/c1-3-8-20(14(2)21)13-16(22)19-11-9-18(10-12-19)15-6-4-5-7-17-15/h3-7H,1,8-13H2,2H3. The van der Waals surface area contributed by atoms with Gasteiger partial charge in [0.1, 0.15) is 12.4 Å². The Morgan fingerprint density at radius 2 is 2.05 bits per heavy atom. The van der Waals surface area contributed by atoms with Gasteiger partial charge in [-0.3, -0.25) is 9.59 Å². The quantitative estimate of drug-likeness (QED) is 0.754. The monoisotopic (exact) mass is 302 g/mol. The van der Waals surface area contributed by atoms with Crippen LogP contribution in [0.1, 0.15) is 6.92 Å². The zero-order valence-electron chi connectivity index (χ0n) is 12.9. The second-order valence-corrected chi connectivity index (χ2v) is 5.24. The predicted molar refractivity (Wildman–Crippen MR) is 85.5 cm³/mol. The summed E-state index contributed by atoms with van der Waals surface area (Å²) in [4.78, 5) is 33.6. The van der Waals surface area contributed by atoms with Crippen LogP contribution in [0.2, 0.25) is 0 Å². The molecule has 0 atom stereocenters. The Balaban J connectivity index is 1.87. The molecule has 0 spiro atoms. The molecule has 1 aliphatic rings. The topological polar surface area (TPSA) is 56.8 Å². The van der Waals surface area contributed by atoms with E-state index in [0.29, 0.717) is 19.6 Å². The van der Waals surface area contributed by atoms with Crippen LogP contribution in [0, 0.1) is 0 Å². The molecule has 118 valence electrons. The van der Waals surface area contributed by atoms with Crippen LogP contribution < -0.4 is 4.90 Å². The van der Waals surface area contributed by atoms with Gasteiger partial charge in [-0.2, -0.15) is 0 Å². The number of rotatable bonds is 5. The minimum Gasteiger partial charge on any atom is -0.353 e. The molecule has 2 heterocycles. The maximum Gasteiger partial charge on any atom is 0.242 e. The number of hydrogen-bond acceptors (Lipinski definition) is 4. The lowest BCUT2D eigenvalue weighted by Gasteiger charge is -2.36. The smallest absolute Gasteiger partial charge is 0.242 e. The minimum atomic E-state index is -0.111. The van der Waals surface area contributed by atoms with E-state index < -0.39 is 0 Å². The van der Waals surface area contributed by atoms with Crippen molar-refractivity contribution in [1.82, 2.24) is 14.8 Å². The molecule has 1 aromatic heterocycles. The van der Waals surface area contributed by atoms with Crippen LogP contribution in [0.3, 0.4) is 0 Å². The first-order chi connectivity index (χ1) is 10.6. The van der Waals surface area contributed by atoms with E-state index in [4.69, 9.17) is 0 Å². The summed E-state index contributed by atoms with van der Waals surface area (Å²) in [6.45, 7) is 8.40. The molecule has 0 saturated carbocycles. The molecular formula is C16H22N4O2. The molecule has 0 N–H and O–H groups in total. The van der Waals surface area contributed by atoms with Crippen LogP contribution in [0.25, 0.3) is 0 Å². The maximum atomic E-state index is 12.3. The van der Waals surface area contributed by atoms with Gasteiger partial charge in [0.05, 0.1) is 0 Å². The Labute approximate surface area is 131 Å². The molecule has 1 saturated heterocycles. The number of piperazine rings is 1. The van der Waals surface area contributed by atoms with Crippen LogP contribution in [0.4, 0.5) is 5.82 Å². The van der Waals surface area contributed by atoms with Gasteiger partial charge in [0.15, 0.2) is 0 Å². The van der Waals surface area contributed by atoms with Crippen LogP contribution in [0.15, 0.2) is 37.1 Å². The van der Waals surface area contributed by atoms with Gasteiger partial charge in [0.25, 0.3) is 0 Å². The summed E-state index contributed by atoms with van der Waals surface area (Å²) in [5, 5.41) is 0. The molecule has 0 bridgehead atoms. The number of hydrogen-bond donors (Lipinski definition) is 0. The Morgan fingerprint density at radius 3 is 2.59 bits per heavy atom. The molecule has 2 rings (SSSR count). The van der Waals surface area contributed by atoms with Crippen molar-refractivity contribution in [1.29, 1.82) is 0 Å². The van der Waals surface area contributed by atoms with E-state index in [1.807, 2.05) is 18.2 Å². The van der Waals surface area contributed by atoms with E-state index in [0.717, 1.165) is 18.9 Å². The number of amides is 2. The lowest BCUT2D eigenvalue weighted by Crippen LogP contribution is -2.51. The molecule has 0 radical (unpaired) electrons. The number of carbonyl (C=O) groups excluding carboxylic acids is 2. The van der Waals surface area contributed by atoms with E-state index in [2.05, 4.69) is 16.5 Å². The predicted octanol–water partition coefficient (Wildman–Crippen LogP) is 0.765. The Hall–Kier alpha value is -2.37. The summed E-state index contributed by atoms with van der Waals surface area (Å²) in [5.41, 5.74) is 0. The molecule has 0 aromatic carbocycles. The highest BCUT2D eigenvalue weighted by Gasteiger charge is 2.23. The average molecular weight is 302 g/mol. The molecule has 1 fully saturated rings. The van der Waals surface area contributed by atoms with Crippen molar-refractivity contribution in [3.05, 3.63) is 37.1 Å². The fourth-order valence-corrected chi connectivity index (χ4v) is 2.45. The molecule has 1 aliphatic heterocycles. The van der Waals surface area contributed by atoms with Gasteiger partial charge in [-0.1, -0.05) is 12.1 Å². The van der Waals surface area contributed by atoms with Crippen molar-refractivity contribution < 1.29 is 9.59 Å². The Morgan fingerprint density at radius 1 is 1.32 bits per heavy atom. The molecule has 1 aromatic rings. The summed E-state index contributed by atoms with van der Waals surface area (Å²) < 4.78 is 0. The summed E-state index contributed by atoms with van der Waals surface area (Å²) in [6, 6.07) is 5.82. The summed E-state index contributed by atoms with van der Waals surface area (Å²) in [6.07, 6.45) is 3.40. The summed E-state index contributed by atoms with van der Waals surface area (Å²) in [5.74, 6) is 0.810. The van der Waals surface area contributed by atoms with Crippen molar-refractivity contribution in [2.45, 2.75) is 6.92 Å². The van der Waals surface area contributed by atoms with Gasteiger partial charge < -0.3 is 14.7 Å². The second kappa shape index (κ2) is 7.59. The van der Waals surface area contributed by atoms with Crippen molar-refractivity contribution in [3.63, 3.8) is 0 Å². The molecular weight excluding hydrogens is 280 g/mol. The van der Waals surface area contributed by atoms with Gasteiger partial charge in [-0.05, 0) is 12.1 Å². The van der Waals surface area contributed by atoms with E-state index in [-0.39, 0.29) is 18.4 Å². The zero-order chi connectivity index (χ0) is 15.9. The third kappa shape index (κ3) is 4.07. The summed E-state index contributed by atoms with van der Waals surface area (Å²) in [7, 11) is 0. The van der Waals surface area contributed by atoms with Crippen molar-refractivity contribution in [2.75, 3.05) is 44.2 Å². The number of anilines is 1. The lowest BCUT2D eigenvalue weighted by atomic mass is 10.3. The third-order valence-corrected chi connectivity index (χ3v) is 3.73. The number of aromatic nitrogens is 1. The fraction of sp³-hybridized carbons (Fsp3) is 0.438. The number of pyridine rings is 1.